The highest BCUT2D eigenvalue weighted by atomic mass is 35.5. The van der Waals surface area contributed by atoms with Crippen LogP contribution in [0.15, 0.2) is 36.7 Å². The van der Waals surface area contributed by atoms with E-state index in [1.807, 2.05) is 0 Å². The van der Waals surface area contributed by atoms with Crippen LogP contribution in [0.4, 0.5) is 0 Å². The summed E-state index contributed by atoms with van der Waals surface area (Å²) in [7, 11) is 1.57. The van der Waals surface area contributed by atoms with Crippen molar-refractivity contribution in [1.82, 2.24) is 4.98 Å². The van der Waals surface area contributed by atoms with E-state index in [0.29, 0.717) is 35.3 Å². The van der Waals surface area contributed by atoms with Crippen LogP contribution >= 0.6 is 11.6 Å². The van der Waals surface area contributed by atoms with E-state index in [9.17, 15) is 4.79 Å². The van der Waals surface area contributed by atoms with Crippen molar-refractivity contribution in [2.75, 3.05) is 20.3 Å². The molecule has 1 aliphatic heterocycles. The fourth-order valence-corrected chi connectivity index (χ4v) is 2.74. The molecular formula is C18H18ClNO4. The molecule has 0 saturated carbocycles. The Balaban J connectivity index is 1.79. The Hall–Kier alpha value is -2.11. The molecule has 1 aromatic carbocycles. The first-order valence-electron chi connectivity index (χ1n) is 7.71. The van der Waals surface area contributed by atoms with Crippen LogP contribution in [-0.2, 0) is 11.2 Å². The molecule has 1 saturated heterocycles. The minimum absolute atomic E-state index is 0.0149. The Morgan fingerprint density at radius 1 is 1.38 bits per heavy atom. The van der Waals surface area contributed by atoms with E-state index >= 15 is 0 Å². The molecule has 1 fully saturated rings. The summed E-state index contributed by atoms with van der Waals surface area (Å²) in [6.45, 7) is 1.24. The molecule has 1 atom stereocenters. The van der Waals surface area contributed by atoms with Crippen LogP contribution in [0.25, 0.3) is 0 Å². The van der Waals surface area contributed by atoms with Crippen molar-refractivity contribution in [2.24, 2.45) is 0 Å². The standard InChI is InChI=1S/C18H18ClNO4/c1-22-17-3-2-13(9-18(17)24-14-5-7-23-11-14)16(21)8-12-4-6-20-10-15(12)19/h2-4,6,9-10,14H,5,7-8,11H2,1H3. The number of methoxy groups -OCH3 is 1. The van der Waals surface area contributed by atoms with E-state index in [2.05, 4.69) is 4.98 Å². The number of carbonyl (C=O) groups is 1. The van der Waals surface area contributed by atoms with Gasteiger partial charge in [0.05, 0.1) is 25.3 Å². The van der Waals surface area contributed by atoms with Gasteiger partial charge in [-0.3, -0.25) is 9.78 Å². The smallest absolute Gasteiger partial charge is 0.167 e. The van der Waals surface area contributed by atoms with Gasteiger partial charge in [-0.1, -0.05) is 11.6 Å². The van der Waals surface area contributed by atoms with Crippen molar-refractivity contribution in [3.8, 4) is 11.5 Å². The summed E-state index contributed by atoms with van der Waals surface area (Å²) in [4.78, 5) is 16.5. The molecule has 1 aromatic heterocycles. The number of carbonyl (C=O) groups excluding carboxylic acids is 1. The molecule has 2 aromatic rings. The lowest BCUT2D eigenvalue weighted by atomic mass is 10.0. The minimum atomic E-state index is -0.0433. The summed E-state index contributed by atoms with van der Waals surface area (Å²) in [6.07, 6.45) is 4.18. The lowest BCUT2D eigenvalue weighted by Gasteiger charge is -2.16. The van der Waals surface area contributed by atoms with E-state index in [1.54, 1.807) is 37.6 Å². The predicted octanol–water partition coefficient (Wildman–Crippen LogP) is 3.34. The number of rotatable bonds is 6. The van der Waals surface area contributed by atoms with Crippen LogP contribution in [0.2, 0.25) is 5.02 Å². The van der Waals surface area contributed by atoms with Crippen LogP contribution in [0, 0.1) is 0 Å². The van der Waals surface area contributed by atoms with E-state index in [1.165, 1.54) is 6.20 Å². The molecule has 126 valence electrons. The zero-order valence-corrected chi connectivity index (χ0v) is 14.1. The molecule has 0 spiro atoms. The van der Waals surface area contributed by atoms with Gasteiger partial charge in [0.1, 0.15) is 6.10 Å². The lowest BCUT2D eigenvalue weighted by molar-refractivity contribution is 0.0991. The van der Waals surface area contributed by atoms with E-state index < -0.39 is 0 Å². The average Bonchev–Trinajstić information content (AvgIpc) is 3.10. The highest BCUT2D eigenvalue weighted by Gasteiger charge is 2.20. The molecule has 2 heterocycles. The van der Waals surface area contributed by atoms with Gasteiger partial charge in [-0.2, -0.15) is 0 Å². The highest BCUT2D eigenvalue weighted by molar-refractivity contribution is 6.31. The van der Waals surface area contributed by atoms with Crippen molar-refractivity contribution < 1.29 is 19.0 Å². The molecule has 0 radical (unpaired) electrons. The number of ether oxygens (including phenoxy) is 3. The molecular weight excluding hydrogens is 330 g/mol. The normalized spacial score (nSPS) is 16.8. The van der Waals surface area contributed by atoms with Gasteiger partial charge in [-0.15, -0.1) is 0 Å². The molecule has 0 amide bonds. The van der Waals surface area contributed by atoms with Crippen molar-refractivity contribution >= 4 is 17.4 Å². The number of aromatic nitrogens is 1. The summed E-state index contributed by atoms with van der Waals surface area (Å²) in [5, 5.41) is 0.485. The van der Waals surface area contributed by atoms with Crippen molar-refractivity contribution in [3.05, 3.63) is 52.8 Å². The first-order valence-corrected chi connectivity index (χ1v) is 8.09. The Kier molecular flexibility index (Phi) is 5.33. The second-order valence-corrected chi connectivity index (χ2v) is 5.94. The van der Waals surface area contributed by atoms with Gasteiger partial charge in [-0.25, -0.2) is 0 Å². The third-order valence-electron chi connectivity index (χ3n) is 3.87. The predicted molar refractivity (Wildman–Crippen MR) is 90.1 cm³/mol. The molecule has 0 aliphatic carbocycles. The maximum Gasteiger partial charge on any atom is 0.167 e. The Labute approximate surface area is 145 Å². The number of ketones is 1. The van der Waals surface area contributed by atoms with Crippen molar-refractivity contribution in [2.45, 2.75) is 18.9 Å². The maximum atomic E-state index is 12.6. The zero-order valence-electron chi connectivity index (χ0n) is 13.3. The van der Waals surface area contributed by atoms with Crippen LogP contribution in [-0.4, -0.2) is 37.2 Å². The molecule has 0 N–H and O–H groups in total. The number of hydrogen-bond acceptors (Lipinski definition) is 5. The van der Waals surface area contributed by atoms with Gasteiger partial charge >= 0.3 is 0 Å². The summed E-state index contributed by atoms with van der Waals surface area (Å²) >= 11 is 6.07. The van der Waals surface area contributed by atoms with Gasteiger partial charge in [-0.05, 0) is 29.8 Å². The third kappa shape index (κ3) is 3.86. The third-order valence-corrected chi connectivity index (χ3v) is 4.21. The van der Waals surface area contributed by atoms with Crippen LogP contribution < -0.4 is 9.47 Å². The van der Waals surface area contributed by atoms with E-state index in [4.69, 9.17) is 25.8 Å². The zero-order chi connectivity index (χ0) is 16.9. The molecule has 5 nitrogen and oxygen atoms in total. The number of Topliss-reactive ketones (excluding diaryl/α,β-unsaturated/α-hetero) is 1. The quantitative estimate of drug-likeness (QED) is 0.750. The molecule has 3 rings (SSSR count). The summed E-state index contributed by atoms with van der Waals surface area (Å²) in [6, 6.07) is 6.94. The summed E-state index contributed by atoms with van der Waals surface area (Å²) < 4.78 is 16.6. The first-order chi connectivity index (χ1) is 11.7. The Bertz CT molecular complexity index is 729. The maximum absolute atomic E-state index is 12.6. The van der Waals surface area contributed by atoms with Gasteiger partial charge in [0.2, 0.25) is 0 Å². The topological polar surface area (TPSA) is 57.7 Å². The van der Waals surface area contributed by atoms with Gasteiger partial charge < -0.3 is 14.2 Å². The van der Waals surface area contributed by atoms with Crippen molar-refractivity contribution in [3.63, 3.8) is 0 Å². The average molecular weight is 348 g/mol. The molecule has 24 heavy (non-hydrogen) atoms. The number of halogens is 1. The number of nitrogens with zero attached hydrogens (tertiary/aromatic N) is 1. The second kappa shape index (κ2) is 7.64. The van der Waals surface area contributed by atoms with Crippen LogP contribution in [0.1, 0.15) is 22.3 Å². The molecule has 6 heteroatoms. The van der Waals surface area contributed by atoms with E-state index in [0.717, 1.165) is 12.0 Å². The first kappa shape index (κ1) is 16.7. The fraction of sp³-hybridized carbons (Fsp3) is 0.333. The number of benzene rings is 1. The van der Waals surface area contributed by atoms with Gasteiger partial charge in [0, 0.05) is 30.8 Å². The summed E-state index contributed by atoms with van der Waals surface area (Å²) in [5.74, 6) is 1.11. The van der Waals surface area contributed by atoms with Gasteiger partial charge in [0.15, 0.2) is 17.3 Å². The Morgan fingerprint density at radius 2 is 2.25 bits per heavy atom. The van der Waals surface area contributed by atoms with Gasteiger partial charge in [0.25, 0.3) is 0 Å². The highest BCUT2D eigenvalue weighted by Crippen LogP contribution is 2.31. The lowest BCUT2D eigenvalue weighted by Crippen LogP contribution is -2.16. The van der Waals surface area contributed by atoms with Crippen LogP contribution in [0.5, 0.6) is 11.5 Å². The Morgan fingerprint density at radius 3 is 2.96 bits per heavy atom. The SMILES string of the molecule is COc1ccc(C(=O)Cc2ccncc2Cl)cc1OC1CCOC1. The van der Waals surface area contributed by atoms with E-state index in [-0.39, 0.29) is 18.3 Å². The number of pyridine rings is 1. The summed E-state index contributed by atoms with van der Waals surface area (Å²) in [5.41, 5.74) is 1.30. The molecule has 1 aliphatic rings. The monoisotopic (exact) mass is 347 g/mol. The molecule has 0 bridgehead atoms. The fourth-order valence-electron chi connectivity index (χ4n) is 2.55. The number of hydrogen-bond donors (Lipinski definition) is 0. The minimum Gasteiger partial charge on any atom is -0.493 e. The van der Waals surface area contributed by atoms with Crippen LogP contribution in [0.3, 0.4) is 0 Å². The molecule has 1 unspecified atom stereocenters. The van der Waals surface area contributed by atoms with Crippen molar-refractivity contribution in [1.29, 1.82) is 0 Å². The second-order valence-electron chi connectivity index (χ2n) is 5.54. The largest absolute Gasteiger partial charge is 0.493 e.